The van der Waals surface area contributed by atoms with Crippen molar-refractivity contribution in [3.05, 3.63) is 231 Å². The van der Waals surface area contributed by atoms with E-state index in [1.165, 1.54) is 65.6 Å². The van der Waals surface area contributed by atoms with Gasteiger partial charge in [0.25, 0.3) is 0 Å². The van der Waals surface area contributed by atoms with Gasteiger partial charge in [-0.05, 0) is 97.4 Å². The van der Waals surface area contributed by atoms with Crippen LogP contribution in [0.1, 0.15) is 0 Å². The molecule has 0 spiro atoms. The molecule has 0 radical (unpaired) electrons. The summed E-state index contributed by atoms with van der Waals surface area (Å²) in [5, 5.41) is 7.35. The second-order valence-corrected chi connectivity index (χ2v) is 16.1. The predicted molar refractivity (Wildman–Crippen MR) is 262 cm³/mol. The lowest BCUT2D eigenvalue weighted by atomic mass is 9.96. The topological polar surface area (TPSA) is 43.6 Å². The lowest BCUT2D eigenvalue weighted by molar-refractivity contribution is 1.07. The van der Waals surface area contributed by atoms with E-state index in [9.17, 15) is 0 Å². The Morgan fingerprint density at radius 1 is 0.238 bits per heavy atom. The van der Waals surface area contributed by atoms with Gasteiger partial charge in [0, 0.05) is 33.2 Å². The van der Waals surface area contributed by atoms with E-state index in [4.69, 9.17) is 15.0 Å². The standard InChI is InChI=1S/C59H38N4/c1-5-13-39(14-6-1)46-28-33-55-53(37-46)54-38-47(40-15-7-2-8-16-40)29-34-56(54)63(55)50-30-32-52-49(36-50)26-25-48-35-45(27-31-51(48)52)41-21-23-44(24-22-41)59-61-57(42-17-9-3-10-18-42)60-58(62-59)43-19-11-4-12-20-43/h1-38H. The van der Waals surface area contributed by atoms with Crippen LogP contribution in [0.3, 0.4) is 0 Å². The van der Waals surface area contributed by atoms with Crippen LogP contribution in [-0.4, -0.2) is 19.5 Å². The van der Waals surface area contributed by atoms with Gasteiger partial charge in [0.05, 0.1) is 11.0 Å². The lowest BCUT2D eigenvalue weighted by Crippen LogP contribution is -2.00. The van der Waals surface area contributed by atoms with Gasteiger partial charge in [-0.2, -0.15) is 0 Å². The van der Waals surface area contributed by atoms with Crippen LogP contribution >= 0.6 is 0 Å². The van der Waals surface area contributed by atoms with Crippen LogP contribution in [-0.2, 0) is 0 Å². The summed E-state index contributed by atoms with van der Waals surface area (Å²) in [6.07, 6.45) is 0. The molecule has 0 saturated carbocycles. The summed E-state index contributed by atoms with van der Waals surface area (Å²) in [6.45, 7) is 0. The van der Waals surface area contributed by atoms with E-state index in [0.717, 1.165) is 33.5 Å². The maximum absolute atomic E-state index is 4.93. The van der Waals surface area contributed by atoms with Crippen LogP contribution in [0.5, 0.6) is 0 Å². The molecule has 0 bridgehead atoms. The first-order valence-electron chi connectivity index (χ1n) is 21.3. The summed E-state index contributed by atoms with van der Waals surface area (Å²) in [7, 11) is 0. The quantitative estimate of drug-likeness (QED) is 0.151. The minimum atomic E-state index is 0.647. The molecule has 2 aromatic heterocycles. The van der Waals surface area contributed by atoms with Crippen molar-refractivity contribution < 1.29 is 0 Å². The van der Waals surface area contributed by atoms with Crippen LogP contribution in [0.2, 0.25) is 0 Å². The lowest BCUT2D eigenvalue weighted by Gasteiger charge is -2.12. The SMILES string of the molecule is c1ccc(-c2ccc3c(c2)c2cc(-c4ccccc4)ccc2n3-c2ccc3c(ccc4cc(-c5ccc(-c6nc(-c7ccccc7)nc(-c7ccccc7)n6)cc5)ccc43)c2)cc1. The second kappa shape index (κ2) is 15.2. The minimum Gasteiger partial charge on any atom is -0.309 e. The van der Waals surface area contributed by atoms with Crippen molar-refractivity contribution in [3.63, 3.8) is 0 Å². The van der Waals surface area contributed by atoms with Gasteiger partial charge in [-0.25, -0.2) is 15.0 Å². The number of nitrogens with zero attached hydrogens (tertiary/aromatic N) is 4. The number of aromatic nitrogens is 4. The van der Waals surface area contributed by atoms with Gasteiger partial charge in [0.1, 0.15) is 0 Å². The molecule has 2 heterocycles. The van der Waals surface area contributed by atoms with E-state index >= 15 is 0 Å². The van der Waals surface area contributed by atoms with Gasteiger partial charge in [0.15, 0.2) is 17.5 Å². The van der Waals surface area contributed by atoms with E-state index in [0.29, 0.717) is 17.5 Å². The number of hydrogen-bond acceptors (Lipinski definition) is 3. The molecule has 12 aromatic rings. The molecule has 4 heteroatoms. The predicted octanol–water partition coefficient (Wildman–Crippen LogP) is 15.3. The van der Waals surface area contributed by atoms with Crippen molar-refractivity contribution in [2.24, 2.45) is 0 Å². The Balaban J connectivity index is 0.902. The van der Waals surface area contributed by atoms with E-state index in [1.807, 2.05) is 60.7 Å². The molecular weight excluding hydrogens is 765 g/mol. The maximum atomic E-state index is 4.93. The highest BCUT2D eigenvalue weighted by molar-refractivity contribution is 6.13. The Labute approximate surface area is 365 Å². The van der Waals surface area contributed by atoms with Crippen molar-refractivity contribution in [2.75, 3.05) is 0 Å². The van der Waals surface area contributed by atoms with E-state index in [-0.39, 0.29) is 0 Å². The summed E-state index contributed by atoms with van der Waals surface area (Å²) >= 11 is 0. The van der Waals surface area contributed by atoms with Crippen LogP contribution < -0.4 is 0 Å². The molecule has 0 aliphatic carbocycles. The van der Waals surface area contributed by atoms with E-state index in [1.54, 1.807) is 0 Å². The molecule has 0 amide bonds. The molecule has 10 aromatic carbocycles. The minimum absolute atomic E-state index is 0.647. The molecule has 0 aliphatic heterocycles. The average Bonchev–Trinajstić information content (AvgIpc) is 3.70. The molecule has 0 unspecified atom stereocenters. The second-order valence-electron chi connectivity index (χ2n) is 16.1. The third kappa shape index (κ3) is 6.62. The first-order chi connectivity index (χ1) is 31.2. The van der Waals surface area contributed by atoms with E-state index < -0.39 is 0 Å². The van der Waals surface area contributed by atoms with Gasteiger partial charge < -0.3 is 4.57 Å². The Bertz CT molecular complexity index is 3480. The van der Waals surface area contributed by atoms with Crippen molar-refractivity contribution in [3.8, 4) is 73.2 Å². The zero-order valence-corrected chi connectivity index (χ0v) is 34.2. The van der Waals surface area contributed by atoms with Crippen molar-refractivity contribution >= 4 is 43.4 Å². The molecule has 4 nitrogen and oxygen atoms in total. The number of fused-ring (bicyclic) bond motifs is 6. The summed E-state index contributed by atoms with van der Waals surface area (Å²) in [5.41, 5.74) is 13.5. The fourth-order valence-corrected chi connectivity index (χ4v) is 9.05. The summed E-state index contributed by atoms with van der Waals surface area (Å²) in [4.78, 5) is 14.7. The maximum Gasteiger partial charge on any atom is 0.164 e. The van der Waals surface area contributed by atoms with Crippen LogP contribution in [0, 0.1) is 0 Å². The highest BCUT2D eigenvalue weighted by atomic mass is 15.0. The highest BCUT2D eigenvalue weighted by Crippen LogP contribution is 2.39. The fourth-order valence-electron chi connectivity index (χ4n) is 9.05. The molecule has 0 saturated heterocycles. The monoisotopic (exact) mass is 802 g/mol. The molecule has 0 aliphatic rings. The molecule has 0 fully saturated rings. The highest BCUT2D eigenvalue weighted by Gasteiger charge is 2.17. The number of rotatable bonds is 7. The average molecular weight is 803 g/mol. The van der Waals surface area contributed by atoms with Gasteiger partial charge in [-0.1, -0.05) is 188 Å². The third-order valence-corrected chi connectivity index (χ3v) is 12.2. The Hall–Kier alpha value is -8.47. The number of benzene rings is 10. The van der Waals surface area contributed by atoms with Crippen molar-refractivity contribution in [1.82, 2.24) is 19.5 Å². The van der Waals surface area contributed by atoms with Gasteiger partial charge in [-0.3, -0.25) is 0 Å². The Kier molecular flexibility index (Phi) is 8.79. The van der Waals surface area contributed by atoms with Gasteiger partial charge >= 0.3 is 0 Å². The fraction of sp³-hybridized carbons (Fsp3) is 0. The Morgan fingerprint density at radius 3 is 1.08 bits per heavy atom. The van der Waals surface area contributed by atoms with Gasteiger partial charge in [-0.15, -0.1) is 0 Å². The Morgan fingerprint density at radius 2 is 0.587 bits per heavy atom. The number of hydrogen-bond donors (Lipinski definition) is 0. The van der Waals surface area contributed by atoms with Crippen molar-refractivity contribution in [2.45, 2.75) is 0 Å². The molecule has 0 atom stereocenters. The summed E-state index contributed by atoms with van der Waals surface area (Å²) < 4.78 is 2.42. The van der Waals surface area contributed by atoms with Gasteiger partial charge in [0.2, 0.25) is 0 Å². The van der Waals surface area contributed by atoms with Crippen molar-refractivity contribution in [1.29, 1.82) is 0 Å². The largest absolute Gasteiger partial charge is 0.309 e. The molecular formula is C59H38N4. The van der Waals surface area contributed by atoms with Crippen LogP contribution in [0.15, 0.2) is 231 Å². The zero-order valence-electron chi connectivity index (χ0n) is 34.2. The third-order valence-electron chi connectivity index (χ3n) is 12.2. The summed E-state index contributed by atoms with van der Waals surface area (Å²) in [6, 6.07) is 82.0. The van der Waals surface area contributed by atoms with Crippen LogP contribution in [0.25, 0.3) is 117 Å². The summed E-state index contributed by atoms with van der Waals surface area (Å²) in [5.74, 6) is 1.96. The molecule has 294 valence electrons. The first-order valence-corrected chi connectivity index (χ1v) is 21.3. The molecule has 0 N–H and O–H groups in total. The zero-order chi connectivity index (χ0) is 41.7. The van der Waals surface area contributed by atoms with E-state index in [2.05, 4.69) is 174 Å². The van der Waals surface area contributed by atoms with Crippen LogP contribution in [0.4, 0.5) is 0 Å². The normalized spacial score (nSPS) is 11.5. The smallest absolute Gasteiger partial charge is 0.164 e. The molecule has 12 rings (SSSR count). The molecule has 63 heavy (non-hydrogen) atoms. The first kappa shape index (κ1) is 36.4.